The Morgan fingerprint density at radius 2 is 1.89 bits per heavy atom. The Bertz CT molecular complexity index is 1080. The lowest BCUT2D eigenvalue weighted by Crippen LogP contribution is -2.34. The summed E-state index contributed by atoms with van der Waals surface area (Å²) in [5, 5.41) is 2.98. The third kappa shape index (κ3) is 3.50. The molecule has 1 aliphatic carbocycles. The van der Waals surface area contributed by atoms with Gasteiger partial charge in [-0.3, -0.25) is 18.9 Å². The minimum Gasteiger partial charge on any atom is -0.348 e. The van der Waals surface area contributed by atoms with Crippen LogP contribution in [-0.2, 0) is 11.3 Å². The van der Waals surface area contributed by atoms with Crippen molar-refractivity contribution in [3.8, 4) is 0 Å². The zero-order valence-electron chi connectivity index (χ0n) is 16.0. The fourth-order valence-corrected chi connectivity index (χ4v) is 3.83. The summed E-state index contributed by atoms with van der Waals surface area (Å²) in [5.74, 6) is -0.188. The number of carbonyl (C=O) groups is 1. The lowest BCUT2D eigenvalue weighted by molar-refractivity contribution is -0.122. The number of amides is 1. The Labute approximate surface area is 163 Å². The second-order valence-corrected chi connectivity index (χ2v) is 7.20. The number of rotatable bonds is 5. The molecule has 0 saturated heterocycles. The molecule has 1 aromatic carbocycles. The first kappa shape index (κ1) is 18.2. The molecule has 144 valence electrons. The van der Waals surface area contributed by atoms with Crippen LogP contribution < -0.4 is 11.0 Å². The Kier molecular flexibility index (Phi) is 5.10. The van der Waals surface area contributed by atoms with Gasteiger partial charge < -0.3 is 5.32 Å². The lowest BCUT2D eigenvalue weighted by Gasteiger charge is -2.14. The van der Waals surface area contributed by atoms with E-state index in [1.165, 1.54) is 0 Å². The van der Waals surface area contributed by atoms with E-state index in [2.05, 4.69) is 16.4 Å². The predicted octanol–water partition coefficient (Wildman–Crippen LogP) is 3.49. The van der Waals surface area contributed by atoms with Gasteiger partial charge in [0.15, 0.2) is 0 Å². The molecule has 1 N–H and O–H groups in total. The van der Waals surface area contributed by atoms with Gasteiger partial charge in [0.1, 0.15) is 6.54 Å². The first-order chi connectivity index (χ1) is 13.6. The molecule has 0 fully saturated rings. The molecule has 1 atom stereocenters. The predicted molar refractivity (Wildman–Crippen MR) is 110 cm³/mol. The van der Waals surface area contributed by atoms with Crippen LogP contribution in [0.3, 0.4) is 0 Å². The Hall–Kier alpha value is -3.15. The van der Waals surface area contributed by atoms with Crippen LogP contribution in [0.5, 0.6) is 0 Å². The average Bonchev–Trinajstić information content (AvgIpc) is 3.01. The number of hydrogen-bond acceptors (Lipinski definition) is 3. The normalized spacial score (nSPS) is 15.2. The van der Waals surface area contributed by atoms with Crippen LogP contribution in [0.1, 0.15) is 44.2 Å². The molecule has 6 nitrogen and oxygen atoms in total. The second-order valence-electron chi connectivity index (χ2n) is 7.20. The number of pyridine rings is 1. The topological polar surface area (TPSA) is 68.9 Å². The maximum atomic E-state index is 13.2. The van der Waals surface area contributed by atoms with Crippen molar-refractivity contribution in [1.82, 2.24) is 19.4 Å². The Balaban J connectivity index is 1.64. The molecule has 4 rings (SSSR count). The van der Waals surface area contributed by atoms with E-state index in [0.29, 0.717) is 0 Å². The van der Waals surface area contributed by atoms with Crippen LogP contribution in [0.4, 0.5) is 0 Å². The molecule has 0 saturated carbocycles. The van der Waals surface area contributed by atoms with Gasteiger partial charge in [-0.05, 0) is 62.4 Å². The molecule has 3 aromatic rings. The van der Waals surface area contributed by atoms with E-state index in [-0.39, 0.29) is 24.2 Å². The fraction of sp³-hybridized carbons (Fsp3) is 0.318. The molecule has 1 amide bonds. The highest BCUT2D eigenvalue weighted by molar-refractivity contribution is 5.83. The summed E-state index contributed by atoms with van der Waals surface area (Å²) in [6.45, 7) is 1.92. The maximum Gasteiger partial charge on any atom is 0.333 e. The first-order valence-electron chi connectivity index (χ1n) is 9.74. The van der Waals surface area contributed by atoms with Gasteiger partial charge in [0.05, 0.1) is 17.1 Å². The third-order valence-corrected chi connectivity index (χ3v) is 5.28. The van der Waals surface area contributed by atoms with Crippen LogP contribution in [0.15, 0.2) is 59.7 Å². The van der Waals surface area contributed by atoms with Crippen molar-refractivity contribution in [3.05, 3.63) is 70.9 Å². The molecule has 0 bridgehead atoms. The van der Waals surface area contributed by atoms with Crippen LogP contribution in [0.2, 0.25) is 0 Å². The highest BCUT2D eigenvalue weighted by Crippen LogP contribution is 2.24. The molecule has 0 spiro atoms. The lowest BCUT2D eigenvalue weighted by atomic mass is 10.0. The van der Waals surface area contributed by atoms with Crippen molar-refractivity contribution < 1.29 is 4.79 Å². The van der Waals surface area contributed by atoms with Crippen molar-refractivity contribution in [1.29, 1.82) is 0 Å². The summed E-state index contributed by atoms with van der Waals surface area (Å²) in [4.78, 5) is 29.8. The number of carbonyl (C=O) groups excluding carboxylic acids is 1. The number of imidazole rings is 1. The van der Waals surface area contributed by atoms with Crippen molar-refractivity contribution >= 4 is 22.6 Å². The largest absolute Gasteiger partial charge is 0.348 e. The number of hydrogen-bond donors (Lipinski definition) is 1. The number of fused-ring (bicyclic) bond motifs is 1. The van der Waals surface area contributed by atoms with Crippen LogP contribution >= 0.6 is 0 Å². The van der Waals surface area contributed by atoms with Crippen molar-refractivity contribution in [3.63, 3.8) is 0 Å². The molecule has 0 unspecified atom stereocenters. The van der Waals surface area contributed by atoms with Crippen LogP contribution in [-0.4, -0.2) is 20.0 Å². The highest BCUT2D eigenvalue weighted by atomic mass is 16.2. The summed E-state index contributed by atoms with van der Waals surface area (Å²) in [7, 11) is 0. The van der Waals surface area contributed by atoms with Gasteiger partial charge >= 0.3 is 5.69 Å². The third-order valence-electron chi connectivity index (χ3n) is 5.28. The van der Waals surface area contributed by atoms with E-state index >= 15 is 0 Å². The number of benzene rings is 1. The molecule has 0 aliphatic heterocycles. The van der Waals surface area contributed by atoms with E-state index in [1.807, 2.05) is 43.3 Å². The van der Waals surface area contributed by atoms with Crippen molar-refractivity contribution in [2.75, 3.05) is 0 Å². The summed E-state index contributed by atoms with van der Waals surface area (Å²) < 4.78 is 3.34. The monoisotopic (exact) mass is 376 g/mol. The summed E-state index contributed by atoms with van der Waals surface area (Å²) in [5.41, 5.74) is 3.50. The number of aromatic nitrogens is 3. The number of allylic oxidation sites excluding steroid dienone is 2. The van der Waals surface area contributed by atoms with E-state index in [4.69, 9.17) is 0 Å². The number of nitrogens with one attached hydrogen (secondary N) is 1. The molecular formula is C22H24N4O2. The average molecular weight is 376 g/mol. The minimum absolute atomic E-state index is 0.00491. The van der Waals surface area contributed by atoms with E-state index in [0.717, 1.165) is 48.0 Å². The molecular weight excluding hydrogens is 352 g/mol. The molecule has 28 heavy (non-hydrogen) atoms. The van der Waals surface area contributed by atoms with Gasteiger partial charge in [-0.25, -0.2) is 4.79 Å². The minimum atomic E-state index is -0.188. The Morgan fingerprint density at radius 3 is 2.61 bits per heavy atom. The van der Waals surface area contributed by atoms with Gasteiger partial charge in [-0.1, -0.05) is 18.2 Å². The number of nitrogens with zero attached hydrogens (tertiary/aromatic N) is 3. The summed E-state index contributed by atoms with van der Waals surface area (Å²) in [6.07, 6.45) is 9.67. The van der Waals surface area contributed by atoms with Crippen LogP contribution in [0.25, 0.3) is 16.7 Å². The van der Waals surface area contributed by atoms with Crippen molar-refractivity contribution in [2.24, 2.45) is 0 Å². The van der Waals surface area contributed by atoms with Gasteiger partial charge in [0.2, 0.25) is 5.91 Å². The summed E-state index contributed by atoms with van der Waals surface area (Å²) in [6, 6.07) is 11.3. The van der Waals surface area contributed by atoms with Crippen LogP contribution in [0, 0.1) is 0 Å². The highest BCUT2D eigenvalue weighted by Gasteiger charge is 2.19. The zero-order valence-corrected chi connectivity index (χ0v) is 16.0. The standard InChI is InChI=1S/C22H24N4O2/c1-16(17-11-13-23-14-12-17)24-21(27)15-25-19-9-5-6-10-20(19)26(22(25)28)18-7-3-2-4-8-18/h5-7,9-14,16H,2-4,8,15H2,1H3,(H,24,27)/t16-/m0/s1. The molecule has 2 heterocycles. The number of para-hydroxylation sites is 2. The Morgan fingerprint density at radius 1 is 1.14 bits per heavy atom. The molecule has 2 aromatic heterocycles. The smallest absolute Gasteiger partial charge is 0.333 e. The second kappa shape index (κ2) is 7.84. The molecule has 1 aliphatic rings. The first-order valence-corrected chi connectivity index (χ1v) is 9.74. The van der Waals surface area contributed by atoms with Gasteiger partial charge in [0, 0.05) is 18.1 Å². The van der Waals surface area contributed by atoms with Crippen molar-refractivity contribution in [2.45, 2.75) is 45.2 Å². The van der Waals surface area contributed by atoms with Gasteiger partial charge in [0.25, 0.3) is 0 Å². The molecule has 6 heteroatoms. The summed E-state index contributed by atoms with van der Waals surface area (Å²) >= 11 is 0. The van der Waals surface area contributed by atoms with E-state index in [1.54, 1.807) is 21.5 Å². The van der Waals surface area contributed by atoms with E-state index in [9.17, 15) is 9.59 Å². The maximum absolute atomic E-state index is 13.2. The molecule has 0 radical (unpaired) electrons. The van der Waals surface area contributed by atoms with Gasteiger partial charge in [-0.15, -0.1) is 0 Å². The quantitative estimate of drug-likeness (QED) is 0.741. The van der Waals surface area contributed by atoms with E-state index < -0.39 is 0 Å². The van der Waals surface area contributed by atoms with Gasteiger partial charge in [-0.2, -0.15) is 0 Å². The fourth-order valence-electron chi connectivity index (χ4n) is 3.83. The SMILES string of the molecule is C[C@H](NC(=O)Cn1c(=O)n(C2=CCCCC2)c2ccccc21)c1ccncc1. The zero-order chi connectivity index (χ0) is 19.5.